The monoisotopic (exact) mass is 493 g/mol. The molecule has 2 heterocycles. The maximum absolute atomic E-state index is 12.6. The van der Waals surface area contributed by atoms with E-state index in [2.05, 4.69) is 41.3 Å². The van der Waals surface area contributed by atoms with Gasteiger partial charge in [-0.3, -0.25) is 0 Å². The van der Waals surface area contributed by atoms with E-state index in [9.17, 15) is 9.59 Å². The number of carbonyl (C=O) groups is 2. The minimum absolute atomic E-state index is 0.149. The summed E-state index contributed by atoms with van der Waals surface area (Å²) in [7, 11) is 0. The van der Waals surface area contributed by atoms with Gasteiger partial charge in [0.2, 0.25) is 0 Å². The SMILES string of the molecule is O=C1C(=CC2=CC=C(N3Cc4[te]c5ccccc5c4C3)C2)C(=O)c2ccccc21. The van der Waals surface area contributed by atoms with E-state index in [1.54, 1.807) is 25.2 Å². The topological polar surface area (TPSA) is 37.4 Å². The quantitative estimate of drug-likeness (QED) is 0.303. The van der Waals surface area contributed by atoms with Crippen LogP contribution >= 0.6 is 0 Å². The second-order valence-electron chi connectivity index (χ2n) is 7.69. The van der Waals surface area contributed by atoms with Gasteiger partial charge in [0.15, 0.2) is 0 Å². The third-order valence-electron chi connectivity index (χ3n) is 5.98. The molecule has 3 aliphatic rings. The second kappa shape index (κ2) is 6.42. The number of Topliss-reactive ketones (excluding diaryl/α,β-unsaturated/α-hetero) is 2. The molecule has 0 radical (unpaired) electrons. The summed E-state index contributed by atoms with van der Waals surface area (Å²) in [5, 5.41) is 1.46. The molecule has 4 heteroatoms. The molecule has 140 valence electrons. The average molecular weight is 491 g/mol. The van der Waals surface area contributed by atoms with Crippen molar-refractivity contribution in [2.24, 2.45) is 0 Å². The predicted molar refractivity (Wildman–Crippen MR) is 114 cm³/mol. The van der Waals surface area contributed by atoms with Crippen molar-refractivity contribution < 1.29 is 9.59 Å². The van der Waals surface area contributed by atoms with E-state index in [1.807, 2.05) is 12.1 Å². The Morgan fingerprint density at radius 2 is 1.59 bits per heavy atom. The molecule has 6 rings (SSSR count). The average Bonchev–Trinajstić information content (AvgIpc) is 3.48. The molecule has 1 aromatic heterocycles. The fourth-order valence-corrected chi connectivity index (χ4v) is 8.02. The summed E-state index contributed by atoms with van der Waals surface area (Å²) in [5.74, 6) is -0.298. The molecule has 0 N–H and O–H groups in total. The Hall–Kier alpha value is -2.67. The van der Waals surface area contributed by atoms with Crippen LogP contribution in [0.25, 0.3) is 8.79 Å². The molecule has 0 atom stereocenters. The summed E-state index contributed by atoms with van der Waals surface area (Å²) >= 11 is -0.232. The van der Waals surface area contributed by atoms with Crippen LogP contribution in [0.5, 0.6) is 0 Å². The molecule has 0 unspecified atom stereocenters. The predicted octanol–water partition coefficient (Wildman–Crippen LogP) is 4.43. The summed E-state index contributed by atoms with van der Waals surface area (Å²) in [6.45, 7) is 2.00. The van der Waals surface area contributed by atoms with Crippen molar-refractivity contribution >= 4 is 40.8 Å². The van der Waals surface area contributed by atoms with Gasteiger partial charge in [-0.2, -0.15) is 0 Å². The summed E-state index contributed by atoms with van der Waals surface area (Å²) in [4.78, 5) is 27.7. The van der Waals surface area contributed by atoms with E-state index in [0.29, 0.717) is 16.7 Å². The Morgan fingerprint density at radius 3 is 2.38 bits per heavy atom. The number of allylic oxidation sites excluding steroid dienone is 5. The van der Waals surface area contributed by atoms with E-state index in [0.717, 1.165) is 25.1 Å². The van der Waals surface area contributed by atoms with Crippen molar-refractivity contribution in [2.45, 2.75) is 19.5 Å². The first kappa shape index (κ1) is 17.2. The van der Waals surface area contributed by atoms with E-state index in [1.165, 1.54) is 16.6 Å². The molecule has 0 saturated heterocycles. The molecule has 0 saturated carbocycles. The fraction of sp³-hybridized carbons (Fsp3) is 0.120. The molecule has 0 fully saturated rings. The minimum atomic E-state index is -0.232. The van der Waals surface area contributed by atoms with Gasteiger partial charge >= 0.3 is 179 Å². The standard InChI is InChI=1S/C25H17NO2Te/c27-24-18-6-1-2-7-19(18)25(28)20(24)12-15-9-10-16(11-15)26-13-21-17-5-3-4-8-22(17)29-23(21)14-26/h1-10,12H,11,13-14H2. The van der Waals surface area contributed by atoms with E-state index in [-0.39, 0.29) is 32.0 Å². The van der Waals surface area contributed by atoms with Crippen molar-refractivity contribution in [3.8, 4) is 0 Å². The molecule has 29 heavy (non-hydrogen) atoms. The fourth-order valence-electron chi connectivity index (χ4n) is 4.51. The van der Waals surface area contributed by atoms with Gasteiger partial charge in [0.05, 0.1) is 0 Å². The zero-order valence-corrected chi connectivity index (χ0v) is 18.0. The van der Waals surface area contributed by atoms with Crippen LogP contribution in [0, 0.1) is 0 Å². The number of ketones is 2. The molecule has 2 aromatic carbocycles. The molecule has 3 nitrogen and oxygen atoms in total. The number of rotatable bonds is 2. The van der Waals surface area contributed by atoms with Crippen molar-refractivity contribution in [3.05, 3.63) is 104 Å². The van der Waals surface area contributed by atoms with Gasteiger partial charge in [-0.1, -0.05) is 0 Å². The Bertz CT molecular complexity index is 1280. The molecule has 2 aliphatic carbocycles. The molecular weight excluding hydrogens is 474 g/mol. The Morgan fingerprint density at radius 1 is 0.862 bits per heavy atom. The number of carbonyl (C=O) groups excluding carboxylic acids is 2. The van der Waals surface area contributed by atoms with Crippen LogP contribution in [-0.2, 0) is 13.1 Å². The third kappa shape index (κ3) is 2.64. The van der Waals surface area contributed by atoms with Crippen LogP contribution < -0.4 is 0 Å². The summed E-state index contributed by atoms with van der Waals surface area (Å²) in [5.41, 5.74) is 5.21. The number of benzene rings is 2. The first-order valence-corrected chi connectivity index (χ1v) is 12.1. The molecule has 1 aliphatic heterocycles. The van der Waals surface area contributed by atoms with Crippen LogP contribution in [0.15, 0.2) is 83.6 Å². The molecule has 3 aromatic rings. The van der Waals surface area contributed by atoms with Crippen LogP contribution in [0.3, 0.4) is 0 Å². The summed E-state index contributed by atoms with van der Waals surface area (Å²) in [6.07, 6.45) is 6.79. The van der Waals surface area contributed by atoms with Crippen molar-refractivity contribution in [1.29, 1.82) is 0 Å². The first-order chi connectivity index (χ1) is 14.2. The number of nitrogens with zero attached hydrogens (tertiary/aromatic N) is 1. The van der Waals surface area contributed by atoms with Crippen molar-refractivity contribution in [3.63, 3.8) is 0 Å². The molecule has 0 bridgehead atoms. The number of hydrogen-bond acceptors (Lipinski definition) is 3. The van der Waals surface area contributed by atoms with Gasteiger partial charge in [0, 0.05) is 0 Å². The Labute approximate surface area is 178 Å². The van der Waals surface area contributed by atoms with Gasteiger partial charge in [-0.25, -0.2) is 0 Å². The van der Waals surface area contributed by atoms with Gasteiger partial charge < -0.3 is 0 Å². The van der Waals surface area contributed by atoms with Crippen LogP contribution in [0.4, 0.5) is 0 Å². The van der Waals surface area contributed by atoms with Gasteiger partial charge in [-0.15, -0.1) is 0 Å². The van der Waals surface area contributed by atoms with E-state index >= 15 is 0 Å². The zero-order chi connectivity index (χ0) is 19.5. The van der Waals surface area contributed by atoms with E-state index in [4.69, 9.17) is 0 Å². The zero-order valence-electron chi connectivity index (χ0n) is 15.6. The number of fused-ring (bicyclic) bond motifs is 4. The summed E-state index contributed by atoms with van der Waals surface area (Å²) in [6, 6.07) is 15.9. The van der Waals surface area contributed by atoms with Crippen molar-refractivity contribution in [1.82, 2.24) is 4.90 Å². The third-order valence-corrected chi connectivity index (χ3v) is 9.40. The van der Waals surface area contributed by atoms with Gasteiger partial charge in [-0.05, 0) is 0 Å². The molecular formula is C25H17NO2Te. The molecule has 0 amide bonds. The second-order valence-corrected chi connectivity index (χ2v) is 10.9. The van der Waals surface area contributed by atoms with Crippen LogP contribution in [-0.4, -0.2) is 36.9 Å². The molecule has 0 spiro atoms. The van der Waals surface area contributed by atoms with Gasteiger partial charge in [0.25, 0.3) is 0 Å². The first-order valence-electron chi connectivity index (χ1n) is 9.73. The number of hydrogen-bond donors (Lipinski definition) is 0. The van der Waals surface area contributed by atoms with Gasteiger partial charge in [0.1, 0.15) is 0 Å². The summed E-state index contributed by atoms with van der Waals surface area (Å²) < 4.78 is 3.23. The maximum atomic E-state index is 12.6. The Kier molecular flexibility index (Phi) is 3.81. The van der Waals surface area contributed by atoms with E-state index < -0.39 is 0 Å². The normalized spacial score (nSPS) is 17.7. The van der Waals surface area contributed by atoms with Crippen molar-refractivity contribution in [2.75, 3.05) is 0 Å². The Balaban J connectivity index is 1.21. The van der Waals surface area contributed by atoms with Crippen LogP contribution in [0.1, 0.15) is 36.3 Å². The van der Waals surface area contributed by atoms with Crippen LogP contribution in [0.2, 0.25) is 0 Å².